The van der Waals surface area contributed by atoms with Gasteiger partial charge in [0.25, 0.3) is 5.91 Å². The summed E-state index contributed by atoms with van der Waals surface area (Å²) in [5.74, 6) is -1.16. The summed E-state index contributed by atoms with van der Waals surface area (Å²) in [6.07, 6.45) is -0.0552. The Morgan fingerprint density at radius 1 is 0.902 bits per heavy atom. The average molecular weight is 571 g/mol. The molecule has 0 saturated carbocycles. The van der Waals surface area contributed by atoms with Gasteiger partial charge in [-0.05, 0) is 36.4 Å². The monoisotopic (exact) mass is 570 g/mol. The van der Waals surface area contributed by atoms with E-state index in [9.17, 15) is 18.8 Å². The van der Waals surface area contributed by atoms with Gasteiger partial charge in [0.05, 0.1) is 23.5 Å². The lowest BCUT2D eigenvalue weighted by Crippen LogP contribution is -2.51. The number of thioether (sulfide) groups is 1. The van der Waals surface area contributed by atoms with E-state index in [4.69, 9.17) is 4.99 Å². The zero-order valence-electron chi connectivity index (χ0n) is 22.1. The minimum Gasteiger partial charge on any atom is -0.368 e. The lowest BCUT2D eigenvalue weighted by molar-refractivity contribution is -0.134. The van der Waals surface area contributed by atoms with Crippen LogP contribution in [0.15, 0.2) is 88.8 Å². The summed E-state index contributed by atoms with van der Waals surface area (Å²) in [5.41, 5.74) is 2.51. The first-order valence-corrected chi connectivity index (χ1v) is 14.3. The number of para-hydroxylation sites is 3. The van der Waals surface area contributed by atoms with Crippen molar-refractivity contribution in [1.82, 2.24) is 9.80 Å². The van der Waals surface area contributed by atoms with Crippen LogP contribution in [0.5, 0.6) is 0 Å². The third-order valence-electron chi connectivity index (χ3n) is 7.21. The number of carbonyl (C=O) groups excluding carboxylic acids is 3. The second-order valence-corrected chi connectivity index (χ2v) is 10.7. The number of hydrogen-bond donors (Lipinski definition) is 1. The van der Waals surface area contributed by atoms with E-state index in [0.29, 0.717) is 48.4 Å². The Hall–Kier alpha value is -4.51. The fourth-order valence-electron chi connectivity index (χ4n) is 5.13. The first-order valence-electron chi connectivity index (χ1n) is 13.3. The van der Waals surface area contributed by atoms with Gasteiger partial charge < -0.3 is 15.1 Å². The van der Waals surface area contributed by atoms with Crippen LogP contribution in [0, 0.1) is 5.82 Å². The van der Waals surface area contributed by atoms with Crippen molar-refractivity contribution < 1.29 is 18.8 Å². The standard InChI is InChI=1S/C30H27FN6O3S/c31-22-11-5-7-13-24(22)32-26(38)19-41-30-33-23-12-6-4-10-21(23)28-34-29(40)25(37(28)30)18-27(39)36-16-14-35(15-17-36)20-8-2-1-3-9-20/h1-13,25H,14-19H2,(H,32,38). The lowest BCUT2D eigenvalue weighted by atomic mass is 10.1. The van der Waals surface area contributed by atoms with Crippen LogP contribution in [0.25, 0.3) is 0 Å². The van der Waals surface area contributed by atoms with Crippen molar-refractivity contribution in [1.29, 1.82) is 0 Å². The van der Waals surface area contributed by atoms with Crippen molar-refractivity contribution in [2.75, 3.05) is 42.1 Å². The number of carbonyl (C=O) groups is 3. The molecule has 3 aromatic rings. The zero-order valence-corrected chi connectivity index (χ0v) is 22.9. The normalized spacial score (nSPS) is 17.9. The number of aliphatic imine (C=N–C) groups is 2. The molecular weight excluding hydrogens is 543 g/mol. The van der Waals surface area contributed by atoms with Crippen LogP contribution < -0.4 is 10.2 Å². The van der Waals surface area contributed by atoms with E-state index in [1.807, 2.05) is 42.5 Å². The highest BCUT2D eigenvalue weighted by molar-refractivity contribution is 8.14. The number of amidine groups is 2. The number of nitrogens with one attached hydrogen (secondary N) is 1. The highest BCUT2D eigenvalue weighted by atomic mass is 32.2. The number of anilines is 2. The van der Waals surface area contributed by atoms with Crippen molar-refractivity contribution in [2.45, 2.75) is 12.5 Å². The van der Waals surface area contributed by atoms with Gasteiger partial charge in [0.2, 0.25) is 11.8 Å². The number of benzene rings is 3. The van der Waals surface area contributed by atoms with Gasteiger partial charge in [-0.2, -0.15) is 4.99 Å². The molecule has 6 rings (SSSR count). The van der Waals surface area contributed by atoms with Crippen molar-refractivity contribution in [3.05, 3.63) is 90.2 Å². The number of halogens is 1. The van der Waals surface area contributed by atoms with Crippen molar-refractivity contribution >= 4 is 57.5 Å². The molecule has 1 fully saturated rings. The van der Waals surface area contributed by atoms with Crippen molar-refractivity contribution in [2.24, 2.45) is 9.98 Å². The van der Waals surface area contributed by atoms with Crippen LogP contribution in [0.3, 0.4) is 0 Å². The molecule has 3 aromatic carbocycles. The number of nitrogens with zero attached hydrogens (tertiary/aromatic N) is 5. The van der Waals surface area contributed by atoms with Gasteiger partial charge in [-0.3, -0.25) is 19.3 Å². The van der Waals surface area contributed by atoms with Gasteiger partial charge >= 0.3 is 0 Å². The highest BCUT2D eigenvalue weighted by Gasteiger charge is 2.43. The fourth-order valence-corrected chi connectivity index (χ4v) is 5.98. The Bertz CT molecular complexity index is 1550. The maximum atomic E-state index is 14.0. The van der Waals surface area contributed by atoms with Crippen molar-refractivity contribution in [3.8, 4) is 0 Å². The number of piperazine rings is 1. The van der Waals surface area contributed by atoms with Crippen LogP contribution in [-0.4, -0.2) is 76.5 Å². The Kier molecular flexibility index (Phi) is 7.51. The van der Waals surface area contributed by atoms with E-state index in [2.05, 4.69) is 27.3 Å². The molecule has 3 heterocycles. The van der Waals surface area contributed by atoms with Gasteiger partial charge in [-0.25, -0.2) is 9.38 Å². The minimum absolute atomic E-state index is 0.0552. The second kappa shape index (κ2) is 11.5. The number of rotatable bonds is 6. The van der Waals surface area contributed by atoms with Gasteiger partial charge in [0, 0.05) is 37.4 Å². The van der Waals surface area contributed by atoms with Crippen LogP contribution in [0.1, 0.15) is 12.0 Å². The quantitative estimate of drug-likeness (QED) is 0.483. The molecule has 1 N–H and O–H groups in total. The summed E-state index contributed by atoms with van der Waals surface area (Å²) in [6, 6.07) is 22.4. The van der Waals surface area contributed by atoms with E-state index in [1.54, 1.807) is 21.9 Å². The first kappa shape index (κ1) is 26.7. The molecule has 3 aliphatic rings. The third kappa shape index (κ3) is 5.58. The summed E-state index contributed by atoms with van der Waals surface area (Å²) in [4.78, 5) is 54.0. The molecule has 3 amide bonds. The summed E-state index contributed by atoms with van der Waals surface area (Å²) in [7, 11) is 0. The Balaban J connectivity index is 1.16. The van der Waals surface area contributed by atoms with E-state index >= 15 is 0 Å². The predicted octanol–water partition coefficient (Wildman–Crippen LogP) is 3.90. The van der Waals surface area contributed by atoms with E-state index < -0.39 is 23.7 Å². The van der Waals surface area contributed by atoms with Crippen LogP contribution >= 0.6 is 11.8 Å². The molecule has 208 valence electrons. The van der Waals surface area contributed by atoms with E-state index in [1.165, 1.54) is 12.1 Å². The molecule has 0 bridgehead atoms. The van der Waals surface area contributed by atoms with E-state index in [0.717, 1.165) is 17.4 Å². The summed E-state index contributed by atoms with van der Waals surface area (Å²) < 4.78 is 14.0. The summed E-state index contributed by atoms with van der Waals surface area (Å²) in [5, 5.41) is 2.96. The summed E-state index contributed by atoms with van der Waals surface area (Å²) in [6.45, 7) is 2.51. The molecule has 3 aliphatic heterocycles. The second-order valence-electron chi connectivity index (χ2n) is 9.80. The molecule has 0 spiro atoms. The van der Waals surface area contributed by atoms with Gasteiger partial charge in [-0.15, -0.1) is 0 Å². The molecule has 9 nitrogen and oxygen atoms in total. The zero-order chi connectivity index (χ0) is 28.3. The van der Waals surface area contributed by atoms with Crippen LogP contribution in [-0.2, 0) is 14.4 Å². The van der Waals surface area contributed by atoms with Gasteiger partial charge in [-0.1, -0.05) is 54.2 Å². The largest absolute Gasteiger partial charge is 0.368 e. The Morgan fingerprint density at radius 2 is 1.61 bits per heavy atom. The number of hydrogen-bond acceptors (Lipinski definition) is 7. The topological polar surface area (TPSA) is 97.7 Å². The van der Waals surface area contributed by atoms with E-state index in [-0.39, 0.29) is 23.8 Å². The molecular formula is C30H27FN6O3S. The molecule has 1 saturated heterocycles. The molecule has 11 heteroatoms. The van der Waals surface area contributed by atoms with Crippen molar-refractivity contribution in [3.63, 3.8) is 0 Å². The minimum atomic E-state index is -0.862. The number of amides is 3. The van der Waals surface area contributed by atoms with Gasteiger partial charge in [0.1, 0.15) is 17.7 Å². The van der Waals surface area contributed by atoms with Crippen LogP contribution in [0.4, 0.5) is 21.5 Å². The predicted molar refractivity (Wildman–Crippen MR) is 158 cm³/mol. The molecule has 0 radical (unpaired) electrons. The molecule has 41 heavy (non-hydrogen) atoms. The lowest BCUT2D eigenvalue weighted by Gasteiger charge is -2.37. The molecule has 1 atom stereocenters. The maximum Gasteiger partial charge on any atom is 0.271 e. The molecule has 1 unspecified atom stereocenters. The smallest absolute Gasteiger partial charge is 0.271 e. The van der Waals surface area contributed by atoms with Crippen LogP contribution in [0.2, 0.25) is 0 Å². The Morgan fingerprint density at radius 3 is 2.39 bits per heavy atom. The Labute approximate surface area is 240 Å². The average Bonchev–Trinajstić information content (AvgIpc) is 3.33. The SMILES string of the molecule is O=C(CSC1=Nc2ccccc2C2=NC(=O)C(CC(=O)N3CCN(c4ccccc4)CC3)N12)Nc1ccccc1F. The van der Waals surface area contributed by atoms with Gasteiger partial charge in [0.15, 0.2) is 5.17 Å². The maximum absolute atomic E-state index is 14.0. The molecule has 0 aromatic heterocycles. The highest BCUT2D eigenvalue weighted by Crippen LogP contribution is 2.35. The molecule has 0 aliphatic carbocycles. The fraction of sp³-hybridized carbons (Fsp3) is 0.233. The first-order chi connectivity index (χ1) is 20.0. The number of fused-ring (bicyclic) bond motifs is 3. The third-order valence-corrected chi connectivity index (χ3v) is 8.16. The summed E-state index contributed by atoms with van der Waals surface area (Å²) >= 11 is 1.11.